The van der Waals surface area contributed by atoms with Crippen LogP contribution in [0, 0.1) is 11.8 Å². The van der Waals surface area contributed by atoms with Gasteiger partial charge in [-0.3, -0.25) is 19.0 Å². The van der Waals surface area contributed by atoms with Crippen molar-refractivity contribution in [2.24, 2.45) is 11.8 Å². The lowest BCUT2D eigenvalue weighted by Crippen LogP contribution is -2.43. The highest BCUT2D eigenvalue weighted by molar-refractivity contribution is 5.84. The molecule has 1 aliphatic carbocycles. The van der Waals surface area contributed by atoms with E-state index in [-0.39, 0.29) is 23.3 Å². The number of amides is 1. The number of aromatic nitrogens is 2. The third-order valence-corrected chi connectivity index (χ3v) is 5.28. The number of H-pyrrole nitrogens is 1. The Kier molecular flexibility index (Phi) is 5.43. The second-order valence-corrected chi connectivity index (χ2v) is 7.18. The lowest BCUT2D eigenvalue weighted by atomic mass is 9.81. The highest BCUT2D eigenvalue weighted by Crippen LogP contribution is 2.29. The van der Waals surface area contributed by atoms with Gasteiger partial charge in [0.25, 0.3) is 5.56 Å². The van der Waals surface area contributed by atoms with Gasteiger partial charge in [0.05, 0.1) is 10.9 Å². The lowest BCUT2D eigenvalue weighted by Gasteiger charge is -2.28. The predicted molar refractivity (Wildman–Crippen MR) is 99.5 cm³/mol. The Balaban J connectivity index is 1.65. The molecular formula is C19H23N3O5. The highest BCUT2D eigenvalue weighted by atomic mass is 16.4. The van der Waals surface area contributed by atoms with Gasteiger partial charge in [0, 0.05) is 12.5 Å². The van der Waals surface area contributed by atoms with Gasteiger partial charge in [-0.15, -0.1) is 0 Å². The van der Waals surface area contributed by atoms with Gasteiger partial charge < -0.3 is 15.4 Å². The van der Waals surface area contributed by atoms with Gasteiger partial charge in [0.15, 0.2) is 0 Å². The molecule has 3 rings (SSSR count). The van der Waals surface area contributed by atoms with Crippen LogP contribution in [0.4, 0.5) is 0 Å². The lowest BCUT2D eigenvalue weighted by molar-refractivity contribution is -0.142. The number of carboxylic acids is 1. The van der Waals surface area contributed by atoms with E-state index in [9.17, 15) is 19.2 Å². The van der Waals surface area contributed by atoms with Crippen molar-refractivity contribution in [2.45, 2.75) is 45.2 Å². The van der Waals surface area contributed by atoms with Crippen molar-refractivity contribution in [3.8, 4) is 0 Å². The number of para-hydroxylation sites is 1. The minimum Gasteiger partial charge on any atom is -0.480 e. The molecule has 144 valence electrons. The molecule has 1 fully saturated rings. The number of fused-ring (bicyclic) bond motifs is 1. The van der Waals surface area contributed by atoms with Crippen LogP contribution in [0.1, 0.15) is 32.6 Å². The molecule has 1 atom stereocenters. The summed E-state index contributed by atoms with van der Waals surface area (Å²) in [5.41, 5.74) is -0.199. The number of benzene rings is 1. The summed E-state index contributed by atoms with van der Waals surface area (Å²) in [4.78, 5) is 50.6. The fourth-order valence-electron chi connectivity index (χ4n) is 3.62. The van der Waals surface area contributed by atoms with Gasteiger partial charge in [0.1, 0.15) is 6.04 Å². The summed E-state index contributed by atoms with van der Waals surface area (Å²) >= 11 is 0. The van der Waals surface area contributed by atoms with Crippen LogP contribution in [0.25, 0.3) is 10.9 Å². The Morgan fingerprint density at radius 2 is 1.89 bits per heavy atom. The molecule has 3 N–H and O–H groups in total. The SMILES string of the molecule is CC(NC(=O)C1CCC(Cn2c(=O)[nH]c3ccccc3c2=O)CC1)C(=O)O. The topological polar surface area (TPSA) is 121 Å². The van der Waals surface area contributed by atoms with Crippen LogP contribution >= 0.6 is 0 Å². The van der Waals surface area contributed by atoms with Crippen LogP contribution in [0.3, 0.4) is 0 Å². The van der Waals surface area contributed by atoms with Crippen LogP contribution in [-0.4, -0.2) is 32.6 Å². The van der Waals surface area contributed by atoms with E-state index in [0.717, 1.165) is 0 Å². The average Bonchev–Trinajstić information content (AvgIpc) is 2.65. The van der Waals surface area contributed by atoms with Crippen molar-refractivity contribution < 1.29 is 14.7 Å². The van der Waals surface area contributed by atoms with Gasteiger partial charge in [-0.05, 0) is 50.7 Å². The summed E-state index contributed by atoms with van der Waals surface area (Å²) in [6, 6.07) is 6.00. The molecule has 1 amide bonds. The van der Waals surface area contributed by atoms with Crippen molar-refractivity contribution in [2.75, 3.05) is 0 Å². The standard InChI is InChI=1S/C19H23N3O5/c1-11(18(25)26)20-16(23)13-8-6-12(7-9-13)10-22-17(24)14-4-2-3-5-15(14)21-19(22)27/h2-5,11-13H,6-10H2,1H3,(H,20,23)(H,21,27)(H,25,26). The summed E-state index contributed by atoms with van der Waals surface area (Å²) in [6.07, 6.45) is 2.64. The number of aromatic amines is 1. The first-order valence-corrected chi connectivity index (χ1v) is 9.12. The Morgan fingerprint density at radius 1 is 1.22 bits per heavy atom. The van der Waals surface area contributed by atoms with E-state index >= 15 is 0 Å². The first-order chi connectivity index (χ1) is 12.9. The molecule has 27 heavy (non-hydrogen) atoms. The first-order valence-electron chi connectivity index (χ1n) is 9.12. The molecular weight excluding hydrogens is 350 g/mol. The van der Waals surface area contributed by atoms with Crippen LogP contribution in [0.2, 0.25) is 0 Å². The van der Waals surface area contributed by atoms with Crippen molar-refractivity contribution in [1.29, 1.82) is 0 Å². The fraction of sp³-hybridized carbons (Fsp3) is 0.474. The van der Waals surface area contributed by atoms with Gasteiger partial charge in [0.2, 0.25) is 5.91 Å². The minimum atomic E-state index is -1.06. The molecule has 1 unspecified atom stereocenters. The van der Waals surface area contributed by atoms with Crippen LogP contribution in [0.15, 0.2) is 33.9 Å². The van der Waals surface area contributed by atoms with Gasteiger partial charge in [-0.1, -0.05) is 12.1 Å². The predicted octanol–water partition coefficient (Wildman–Crippen LogP) is 1.09. The number of rotatable bonds is 5. The maximum absolute atomic E-state index is 12.6. The molecule has 0 bridgehead atoms. The maximum atomic E-state index is 12.6. The zero-order valence-corrected chi connectivity index (χ0v) is 15.1. The van der Waals surface area contributed by atoms with E-state index in [4.69, 9.17) is 5.11 Å². The molecule has 1 aromatic carbocycles. The number of nitrogens with one attached hydrogen (secondary N) is 2. The molecule has 0 radical (unpaired) electrons. The molecule has 1 aromatic heterocycles. The van der Waals surface area contributed by atoms with Crippen molar-refractivity contribution in [3.63, 3.8) is 0 Å². The number of nitrogens with zero attached hydrogens (tertiary/aromatic N) is 1. The number of carboxylic acid groups (broad SMARTS) is 1. The zero-order chi connectivity index (χ0) is 19.6. The summed E-state index contributed by atoms with van der Waals surface area (Å²) in [6.45, 7) is 1.75. The Bertz CT molecular complexity index is 969. The van der Waals surface area contributed by atoms with Crippen molar-refractivity contribution >= 4 is 22.8 Å². The van der Waals surface area contributed by atoms with Crippen LogP contribution in [0.5, 0.6) is 0 Å². The molecule has 8 nitrogen and oxygen atoms in total. The van der Waals surface area contributed by atoms with Crippen LogP contribution in [-0.2, 0) is 16.1 Å². The molecule has 2 aromatic rings. The maximum Gasteiger partial charge on any atom is 0.328 e. The summed E-state index contributed by atoms with van der Waals surface area (Å²) in [7, 11) is 0. The largest absolute Gasteiger partial charge is 0.480 e. The van der Waals surface area contributed by atoms with Crippen molar-refractivity contribution in [1.82, 2.24) is 14.9 Å². The Morgan fingerprint density at radius 3 is 2.56 bits per heavy atom. The number of carbonyl (C=O) groups is 2. The number of hydrogen-bond acceptors (Lipinski definition) is 4. The number of hydrogen-bond donors (Lipinski definition) is 3. The molecule has 1 saturated carbocycles. The zero-order valence-electron chi connectivity index (χ0n) is 15.1. The van der Waals surface area contributed by atoms with E-state index in [1.807, 2.05) is 0 Å². The molecule has 0 saturated heterocycles. The number of carbonyl (C=O) groups excluding carboxylic acids is 1. The van der Waals surface area contributed by atoms with E-state index < -0.39 is 17.7 Å². The summed E-state index contributed by atoms with van der Waals surface area (Å²) in [5.74, 6) is -1.41. The third kappa shape index (κ3) is 4.10. The van der Waals surface area contributed by atoms with Gasteiger partial charge >= 0.3 is 11.7 Å². The fourth-order valence-corrected chi connectivity index (χ4v) is 3.62. The van der Waals surface area contributed by atoms with E-state index in [0.29, 0.717) is 43.1 Å². The number of aliphatic carboxylic acids is 1. The average molecular weight is 373 g/mol. The Hall–Kier alpha value is -2.90. The highest BCUT2D eigenvalue weighted by Gasteiger charge is 2.28. The second kappa shape index (κ2) is 7.77. The molecule has 0 aliphatic heterocycles. The van der Waals surface area contributed by atoms with Crippen LogP contribution < -0.4 is 16.6 Å². The molecule has 1 heterocycles. The smallest absolute Gasteiger partial charge is 0.328 e. The van der Waals surface area contributed by atoms with Crippen molar-refractivity contribution in [3.05, 3.63) is 45.1 Å². The summed E-state index contributed by atoms with van der Waals surface area (Å²) in [5, 5.41) is 11.9. The van der Waals surface area contributed by atoms with Gasteiger partial charge in [-0.2, -0.15) is 0 Å². The molecule has 0 spiro atoms. The second-order valence-electron chi connectivity index (χ2n) is 7.18. The monoisotopic (exact) mass is 373 g/mol. The van der Waals surface area contributed by atoms with E-state index in [1.54, 1.807) is 24.3 Å². The van der Waals surface area contributed by atoms with E-state index in [2.05, 4.69) is 10.3 Å². The first kappa shape index (κ1) is 18.9. The summed E-state index contributed by atoms with van der Waals surface area (Å²) < 4.78 is 1.24. The minimum absolute atomic E-state index is 0.130. The normalized spacial score (nSPS) is 20.9. The quantitative estimate of drug-likeness (QED) is 0.724. The molecule has 8 heteroatoms. The third-order valence-electron chi connectivity index (χ3n) is 5.28. The van der Waals surface area contributed by atoms with Gasteiger partial charge in [-0.25, -0.2) is 4.79 Å². The molecule has 1 aliphatic rings. The Labute approximate surface area is 155 Å². The van der Waals surface area contributed by atoms with E-state index in [1.165, 1.54) is 11.5 Å².